The molecule has 0 spiro atoms. The minimum atomic E-state index is 0.0625. The Morgan fingerprint density at radius 2 is 1.82 bits per heavy atom. The van der Waals surface area contributed by atoms with Crippen molar-refractivity contribution in [1.82, 2.24) is 24.6 Å². The monoisotopic (exact) mass is 479 g/mol. The lowest BCUT2D eigenvalue weighted by Crippen LogP contribution is -2.36. The predicted octanol–water partition coefficient (Wildman–Crippen LogP) is 4.43. The van der Waals surface area contributed by atoms with Crippen molar-refractivity contribution in [2.24, 2.45) is 0 Å². The average Bonchev–Trinajstić information content (AvgIpc) is 3.15. The van der Waals surface area contributed by atoms with Gasteiger partial charge in [0.2, 0.25) is 5.91 Å². The number of hydrogen-bond acceptors (Lipinski definition) is 5. The highest BCUT2D eigenvalue weighted by atomic mass is 35.5. The van der Waals surface area contributed by atoms with E-state index in [1.807, 2.05) is 72.4 Å². The number of nitrogens with zero attached hydrogens (tertiary/aromatic N) is 5. The maximum atomic E-state index is 12.9. The summed E-state index contributed by atoms with van der Waals surface area (Å²) in [4.78, 5) is 16.7. The van der Waals surface area contributed by atoms with Crippen LogP contribution >= 0.6 is 11.6 Å². The lowest BCUT2D eigenvalue weighted by Gasteiger charge is -2.29. The number of para-hydroxylation sites is 1. The van der Waals surface area contributed by atoms with Crippen molar-refractivity contribution in [1.29, 1.82) is 0 Å². The maximum absolute atomic E-state index is 12.9. The minimum Gasteiger partial charge on any atom is -0.490 e. The molecule has 2 heterocycles. The van der Waals surface area contributed by atoms with Crippen LogP contribution in [0.1, 0.15) is 48.8 Å². The van der Waals surface area contributed by atoms with E-state index in [2.05, 4.69) is 14.8 Å². The Balaban J connectivity index is 1.40. The number of rotatable bonds is 5. The SMILES string of the molecule is CN(C)CC(=O)N1Cc2cc(Cl)ccc2-n2c(nnc2[C@H]2CC[C@H](Oc3ccccc3)CC2)C1. The molecule has 0 atom stereocenters. The van der Waals surface area contributed by atoms with Crippen LogP contribution in [0.25, 0.3) is 5.69 Å². The molecule has 1 fully saturated rings. The van der Waals surface area contributed by atoms with E-state index in [9.17, 15) is 4.79 Å². The van der Waals surface area contributed by atoms with E-state index in [0.717, 1.165) is 54.3 Å². The van der Waals surface area contributed by atoms with Crippen LogP contribution in [0.3, 0.4) is 0 Å². The quantitative estimate of drug-likeness (QED) is 0.541. The zero-order valence-electron chi connectivity index (χ0n) is 19.7. The Kier molecular flexibility index (Phi) is 6.57. The van der Waals surface area contributed by atoms with Gasteiger partial charge in [-0.2, -0.15) is 0 Å². The van der Waals surface area contributed by atoms with Gasteiger partial charge in [-0.05, 0) is 75.7 Å². The minimum absolute atomic E-state index is 0.0625. The molecule has 1 aliphatic heterocycles. The molecule has 3 aromatic rings. The highest BCUT2D eigenvalue weighted by Gasteiger charge is 2.32. The van der Waals surface area contributed by atoms with Crippen molar-refractivity contribution in [3.63, 3.8) is 0 Å². The molecule has 5 rings (SSSR count). The molecule has 0 bridgehead atoms. The first-order valence-electron chi connectivity index (χ1n) is 11.8. The molecule has 1 amide bonds. The molecule has 1 aliphatic carbocycles. The number of halogens is 1. The van der Waals surface area contributed by atoms with E-state index in [0.29, 0.717) is 30.6 Å². The van der Waals surface area contributed by atoms with E-state index in [1.165, 1.54) is 0 Å². The van der Waals surface area contributed by atoms with Gasteiger partial charge in [0.15, 0.2) is 5.82 Å². The lowest BCUT2D eigenvalue weighted by atomic mass is 9.86. The summed E-state index contributed by atoms with van der Waals surface area (Å²) in [6.07, 6.45) is 4.14. The number of fused-ring (bicyclic) bond motifs is 3. The number of amides is 1. The number of aromatic nitrogens is 3. The Hall–Kier alpha value is -2.90. The van der Waals surface area contributed by atoms with Crippen LogP contribution < -0.4 is 4.74 Å². The maximum Gasteiger partial charge on any atom is 0.237 e. The molecule has 34 heavy (non-hydrogen) atoms. The fraction of sp³-hybridized carbons (Fsp3) is 0.423. The molecule has 0 saturated heterocycles. The third kappa shape index (κ3) is 4.81. The molecule has 2 aromatic carbocycles. The van der Waals surface area contributed by atoms with Crippen molar-refractivity contribution in [3.8, 4) is 11.4 Å². The van der Waals surface area contributed by atoms with Crippen LogP contribution in [0.15, 0.2) is 48.5 Å². The summed E-state index contributed by atoms with van der Waals surface area (Å²) in [5.74, 6) is 3.05. The molecule has 0 N–H and O–H groups in total. The second-order valence-electron chi connectivity index (χ2n) is 9.47. The molecular weight excluding hydrogens is 450 g/mol. The smallest absolute Gasteiger partial charge is 0.237 e. The van der Waals surface area contributed by atoms with Crippen LogP contribution in [-0.4, -0.2) is 57.2 Å². The van der Waals surface area contributed by atoms with Gasteiger partial charge in [0.25, 0.3) is 0 Å². The van der Waals surface area contributed by atoms with E-state index in [-0.39, 0.29) is 12.0 Å². The van der Waals surface area contributed by atoms with Crippen LogP contribution in [0, 0.1) is 0 Å². The van der Waals surface area contributed by atoms with Crippen molar-refractivity contribution >= 4 is 17.5 Å². The second kappa shape index (κ2) is 9.76. The Morgan fingerprint density at radius 3 is 2.56 bits per heavy atom. The van der Waals surface area contributed by atoms with Crippen LogP contribution in [-0.2, 0) is 17.9 Å². The summed E-state index contributed by atoms with van der Waals surface area (Å²) in [5.41, 5.74) is 2.03. The van der Waals surface area contributed by atoms with Gasteiger partial charge in [-0.1, -0.05) is 29.8 Å². The Labute approximate surface area is 205 Å². The molecule has 0 unspecified atom stereocenters. The first-order chi connectivity index (χ1) is 16.5. The first-order valence-corrected chi connectivity index (χ1v) is 12.2. The van der Waals surface area contributed by atoms with E-state index >= 15 is 0 Å². The van der Waals surface area contributed by atoms with Gasteiger partial charge < -0.3 is 14.5 Å². The van der Waals surface area contributed by atoms with E-state index in [1.54, 1.807) is 0 Å². The van der Waals surface area contributed by atoms with Crippen LogP contribution in [0.4, 0.5) is 0 Å². The fourth-order valence-corrected chi connectivity index (χ4v) is 5.16. The van der Waals surface area contributed by atoms with Gasteiger partial charge in [-0.3, -0.25) is 9.36 Å². The van der Waals surface area contributed by atoms with E-state index < -0.39 is 0 Å². The van der Waals surface area contributed by atoms with Gasteiger partial charge in [-0.25, -0.2) is 0 Å². The molecule has 178 valence electrons. The predicted molar refractivity (Wildman–Crippen MR) is 131 cm³/mol. The topological polar surface area (TPSA) is 63.5 Å². The molecule has 1 aromatic heterocycles. The number of ether oxygens (including phenoxy) is 1. The van der Waals surface area contributed by atoms with Crippen molar-refractivity contribution < 1.29 is 9.53 Å². The summed E-state index contributed by atoms with van der Waals surface area (Å²) in [6.45, 7) is 1.28. The number of benzene rings is 2. The Morgan fingerprint density at radius 1 is 1.06 bits per heavy atom. The van der Waals surface area contributed by atoms with Gasteiger partial charge in [0, 0.05) is 17.5 Å². The van der Waals surface area contributed by atoms with Crippen LogP contribution in [0.5, 0.6) is 5.75 Å². The van der Waals surface area contributed by atoms with Crippen LogP contribution in [0.2, 0.25) is 5.02 Å². The summed E-state index contributed by atoms with van der Waals surface area (Å²) < 4.78 is 8.35. The summed E-state index contributed by atoms with van der Waals surface area (Å²) in [6, 6.07) is 15.9. The first kappa shape index (κ1) is 22.9. The molecule has 8 heteroatoms. The highest BCUT2D eigenvalue weighted by Crippen LogP contribution is 2.37. The standard InChI is InChI=1S/C26H30ClN5O2/c1-30(2)17-25(33)31-15-19-14-20(27)10-13-23(19)32-24(16-31)28-29-26(32)18-8-11-22(12-9-18)34-21-6-4-3-5-7-21/h3-7,10,13-14,18,22H,8-9,11-12,15-17H2,1-2H3/t18-,22-. The largest absolute Gasteiger partial charge is 0.490 e. The normalized spacial score (nSPS) is 19.9. The fourth-order valence-electron chi connectivity index (χ4n) is 4.97. The second-order valence-corrected chi connectivity index (χ2v) is 9.91. The lowest BCUT2D eigenvalue weighted by molar-refractivity contribution is -0.133. The van der Waals surface area contributed by atoms with Crippen molar-refractivity contribution in [3.05, 3.63) is 70.8 Å². The number of hydrogen-bond donors (Lipinski definition) is 0. The number of likely N-dealkylation sites (N-methyl/N-ethyl adjacent to an activating group) is 1. The molecule has 0 radical (unpaired) electrons. The van der Waals surface area contributed by atoms with Gasteiger partial charge in [0.05, 0.1) is 24.9 Å². The average molecular weight is 480 g/mol. The summed E-state index contributed by atoms with van der Waals surface area (Å²) >= 11 is 6.35. The van der Waals surface area contributed by atoms with Crippen molar-refractivity contribution in [2.45, 2.75) is 50.8 Å². The van der Waals surface area contributed by atoms with Crippen molar-refractivity contribution in [2.75, 3.05) is 20.6 Å². The molecular formula is C26H30ClN5O2. The number of carbonyl (C=O) groups excluding carboxylic acids is 1. The zero-order chi connectivity index (χ0) is 23.7. The summed E-state index contributed by atoms with van der Waals surface area (Å²) in [7, 11) is 3.80. The Bertz CT molecular complexity index is 1160. The van der Waals surface area contributed by atoms with Gasteiger partial charge in [0.1, 0.15) is 11.6 Å². The molecule has 1 saturated carbocycles. The molecule has 2 aliphatic rings. The summed E-state index contributed by atoms with van der Waals surface area (Å²) in [5, 5.41) is 9.85. The third-order valence-electron chi connectivity index (χ3n) is 6.62. The number of carbonyl (C=O) groups is 1. The van der Waals surface area contributed by atoms with Gasteiger partial charge in [-0.15, -0.1) is 10.2 Å². The third-order valence-corrected chi connectivity index (χ3v) is 6.86. The molecule has 7 nitrogen and oxygen atoms in total. The van der Waals surface area contributed by atoms with Gasteiger partial charge >= 0.3 is 0 Å². The highest BCUT2D eigenvalue weighted by molar-refractivity contribution is 6.30. The zero-order valence-corrected chi connectivity index (χ0v) is 20.4. The van der Waals surface area contributed by atoms with E-state index in [4.69, 9.17) is 16.3 Å².